The number of nitrogens with zero attached hydrogens (tertiary/aromatic N) is 1. The second-order valence-corrected chi connectivity index (χ2v) is 3.76. The molecule has 0 aliphatic heterocycles. The number of aromatic nitrogens is 1. The molecule has 6 heteroatoms. The maximum absolute atomic E-state index is 12.8. The van der Waals surface area contributed by atoms with Crippen LogP contribution in [0.15, 0.2) is 6.07 Å². The number of aryl methyl sites for hydroxylation is 1. The van der Waals surface area contributed by atoms with Crippen LogP contribution in [0.25, 0.3) is 0 Å². The fourth-order valence-corrected chi connectivity index (χ4v) is 1.61. The van der Waals surface area contributed by atoms with Crippen LogP contribution >= 0.6 is 0 Å². The minimum Gasteiger partial charge on any atom is -0.466 e. The summed E-state index contributed by atoms with van der Waals surface area (Å²) in [6.07, 6.45) is -2.71. The SMILES string of the molecule is CCOC(=O)Cc1cc(C(F)F)c(CN)nc1C. The van der Waals surface area contributed by atoms with E-state index in [1.54, 1.807) is 13.8 Å². The first-order valence-corrected chi connectivity index (χ1v) is 5.62. The lowest BCUT2D eigenvalue weighted by atomic mass is 10.1. The van der Waals surface area contributed by atoms with Crippen molar-refractivity contribution in [1.82, 2.24) is 4.98 Å². The number of hydrogen-bond donors (Lipinski definition) is 1. The van der Waals surface area contributed by atoms with Gasteiger partial charge in [-0.3, -0.25) is 9.78 Å². The van der Waals surface area contributed by atoms with Gasteiger partial charge in [-0.2, -0.15) is 0 Å². The van der Waals surface area contributed by atoms with E-state index >= 15 is 0 Å². The van der Waals surface area contributed by atoms with Gasteiger partial charge in [-0.25, -0.2) is 8.78 Å². The summed E-state index contributed by atoms with van der Waals surface area (Å²) in [4.78, 5) is 15.4. The van der Waals surface area contributed by atoms with Gasteiger partial charge in [-0.15, -0.1) is 0 Å². The van der Waals surface area contributed by atoms with Crippen LogP contribution in [0.3, 0.4) is 0 Å². The Morgan fingerprint density at radius 1 is 1.56 bits per heavy atom. The molecule has 0 fully saturated rings. The first kappa shape index (κ1) is 14.5. The third-order valence-corrected chi connectivity index (χ3v) is 2.50. The number of ether oxygens (including phenoxy) is 1. The number of halogens is 2. The Hall–Kier alpha value is -1.56. The largest absolute Gasteiger partial charge is 0.466 e. The summed E-state index contributed by atoms with van der Waals surface area (Å²) in [6, 6.07) is 1.28. The van der Waals surface area contributed by atoms with Crippen molar-refractivity contribution in [2.75, 3.05) is 6.61 Å². The molecule has 2 N–H and O–H groups in total. The van der Waals surface area contributed by atoms with Crippen molar-refractivity contribution < 1.29 is 18.3 Å². The van der Waals surface area contributed by atoms with Gasteiger partial charge in [0.25, 0.3) is 6.43 Å². The molecule has 1 heterocycles. The average Bonchev–Trinajstić information content (AvgIpc) is 2.31. The number of carbonyl (C=O) groups is 1. The number of alkyl halides is 2. The molecule has 1 aromatic heterocycles. The summed E-state index contributed by atoms with van der Waals surface area (Å²) < 4.78 is 30.4. The number of pyridine rings is 1. The Morgan fingerprint density at radius 3 is 2.72 bits per heavy atom. The molecule has 18 heavy (non-hydrogen) atoms. The Morgan fingerprint density at radius 2 is 2.22 bits per heavy atom. The van der Waals surface area contributed by atoms with Gasteiger partial charge in [-0.1, -0.05) is 0 Å². The molecule has 1 rings (SSSR count). The van der Waals surface area contributed by atoms with Crippen molar-refractivity contribution >= 4 is 5.97 Å². The number of rotatable bonds is 5. The van der Waals surface area contributed by atoms with Gasteiger partial charge < -0.3 is 10.5 Å². The van der Waals surface area contributed by atoms with Crippen LogP contribution in [0.4, 0.5) is 8.78 Å². The van der Waals surface area contributed by atoms with Gasteiger partial charge in [0, 0.05) is 17.8 Å². The molecule has 0 saturated carbocycles. The number of nitrogens with two attached hydrogens (primary N) is 1. The lowest BCUT2D eigenvalue weighted by molar-refractivity contribution is -0.142. The Labute approximate surface area is 104 Å². The van der Waals surface area contributed by atoms with Crippen molar-refractivity contribution in [2.45, 2.75) is 33.2 Å². The van der Waals surface area contributed by atoms with Crippen LogP contribution in [0.2, 0.25) is 0 Å². The van der Waals surface area contributed by atoms with E-state index in [0.29, 0.717) is 11.3 Å². The van der Waals surface area contributed by atoms with E-state index < -0.39 is 12.4 Å². The zero-order chi connectivity index (χ0) is 13.7. The highest BCUT2D eigenvalue weighted by atomic mass is 19.3. The summed E-state index contributed by atoms with van der Waals surface area (Å²) in [7, 11) is 0. The predicted molar refractivity (Wildman–Crippen MR) is 62.2 cm³/mol. The normalized spacial score (nSPS) is 10.8. The van der Waals surface area contributed by atoms with Crippen molar-refractivity contribution in [2.24, 2.45) is 5.73 Å². The molecule has 0 aliphatic carbocycles. The zero-order valence-corrected chi connectivity index (χ0v) is 10.4. The Balaban J connectivity index is 3.05. The molecule has 0 aromatic carbocycles. The quantitative estimate of drug-likeness (QED) is 0.819. The third-order valence-electron chi connectivity index (χ3n) is 2.50. The molecule has 0 saturated heterocycles. The van der Waals surface area contributed by atoms with E-state index in [9.17, 15) is 13.6 Å². The highest BCUT2D eigenvalue weighted by Gasteiger charge is 2.17. The summed E-state index contributed by atoms with van der Waals surface area (Å²) in [5, 5.41) is 0. The lowest BCUT2D eigenvalue weighted by Crippen LogP contribution is -2.13. The van der Waals surface area contributed by atoms with Crippen LogP contribution in [0.1, 0.15) is 35.9 Å². The standard InChI is InChI=1S/C12H16F2N2O2/c1-3-18-11(17)5-8-4-9(12(13)14)10(6-15)16-7(8)2/h4,12H,3,5-6,15H2,1-2H3. The van der Waals surface area contributed by atoms with E-state index in [0.717, 1.165) is 0 Å². The molecular weight excluding hydrogens is 242 g/mol. The van der Waals surface area contributed by atoms with E-state index in [2.05, 4.69) is 4.98 Å². The third kappa shape index (κ3) is 3.46. The predicted octanol–water partition coefficient (Wildman–Crippen LogP) is 1.89. The van der Waals surface area contributed by atoms with E-state index in [1.165, 1.54) is 6.07 Å². The van der Waals surface area contributed by atoms with Gasteiger partial charge in [0.1, 0.15) is 0 Å². The van der Waals surface area contributed by atoms with E-state index in [-0.39, 0.29) is 30.8 Å². The molecule has 0 spiro atoms. The summed E-state index contributed by atoms with van der Waals surface area (Å²) in [5.74, 6) is -0.455. The molecule has 0 atom stereocenters. The van der Waals surface area contributed by atoms with E-state index in [4.69, 9.17) is 10.5 Å². The summed E-state index contributed by atoms with van der Waals surface area (Å²) in [6.45, 7) is 3.54. The van der Waals surface area contributed by atoms with Crippen LogP contribution in [-0.2, 0) is 22.5 Å². The smallest absolute Gasteiger partial charge is 0.310 e. The highest BCUT2D eigenvalue weighted by molar-refractivity contribution is 5.73. The molecule has 0 radical (unpaired) electrons. The topological polar surface area (TPSA) is 65.2 Å². The number of esters is 1. The second-order valence-electron chi connectivity index (χ2n) is 3.76. The molecule has 100 valence electrons. The highest BCUT2D eigenvalue weighted by Crippen LogP contribution is 2.24. The first-order valence-electron chi connectivity index (χ1n) is 5.62. The average molecular weight is 258 g/mol. The van der Waals surface area contributed by atoms with E-state index in [1.807, 2.05) is 0 Å². The molecule has 1 aromatic rings. The van der Waals surface area contributed by atoms with Crippen LogP contribution in [-0.4, -0.2) is 17.6 Å². The van der Waals surface area contributed by atoms with Gasteiger partial charge in [-0.05, 0) is 25.5 Å². The van der Waals surface area contributed by atoms with Crippen LogP contribution in [0.5, 0.6) is 0 Å². The Bertz CT molecular complexity index is 436. The van der Waals surface area contributed by atoms with Crippen molar-refractivity contribution in [3.05, 3.63) is 28.6 Å². The lowest BCUT2D eigenvalue weighted by Gasteiger charge is -2.11. The van der Waals surface area contributed by atoms with Gasteiger partial charge in [0.05, 0.1) is 18.7 Å². The number of carbonyl (C=O) groups excluding carboxylic acids is 1. The van der Waals surface area contributed by atoms with Crippen molar-refractivity contribution in [3.8, 4) is 0 Å². The number of hydrogen-bond acceptors (Lipinski definition) is 4. The van der Waals surface area contributed by atoms with Crippen molar-refractivity contribution in [3.63, 3.8) is 0 Å². The van der Waals surface area contributed by atoms with Gasteiger partial charge in [0.2, 0.25) is 0 Å². The molecule has 0 bridgehead atoms. The van der Waals surface area contributed by atoms with Crippen molar-refractivity contribution in [1.29, 1.82) is 0 Å². The molecule has 4 nitrogen and oxygen atoms in total. The summed E-state index contributed by atoms with van der Waals surface area (Å²) in [5.41, 5.74) is 6.28. The fourth-order valence-electron chi connectivity index (χ4n) is 1.61. The minimum atomic E-state index is -2.66. The second kappa shape index (κ2) is 6.39. The monoisotopic (exact) mass is 258 g/mol. The fraction of sp³-hybridized carbons (Fsp3) is 0.500. The molecule has 0 aliphatic rings. The zero-order valence-electron chi connectivity index (χ0n) is 10.4. The van der Waals surface area contributed by atoms with Crippen LogP contribution in [0, 0.1) is 6.92 Å². The molecule has 0 amide bonds. The minimum absolute atomic E-state index is 0.0554. The Kier molecular flexibility index (Phi) is 5.15. The maximum atomic E-state index is 12.8. The first-order chi connectivity index (χ1) is 8.49. The van der Waals surface area contributed by atoms with Gasteiger partial charge >= 0.3 is 5.97 Å². The van der Waals surface area contributed by atoms with Gasteiger partial charge in [0.15, 0.2) is 0 Å². The molecular formula is C12H16F2N2O2. The molecule has 0 unspecified atom stereocenters. The maximum Gasteiger partial charge on any atom is 0.310 e. The summed E-state index contributed by atoms with van der Waals surface area (Å²) >= 11 is 0. The van der Waals surface area contributed by atoms with Crippen LogP contribution < -0.4 is 5.73 Å².